The third kappa shape index (κ3) is 3.85. The maximum absolute atomic E-state index is 12.7. The lowest BCUT2D eigenvalue weighted by Crippen LogP contribution is -2.51. The van der Waals surface area contributed by atoms with Crippen LogP contribution in [0.15, 0.2) is 29.1 Å². The number of ether oxygens (including phenoxy) is 4. The number of aromatic nitrogens is 1. The average Bonchev–Trinajstić information content (AvgIpc) is 2.72. The fourth-order valence-corrected chi connectivity index (χ4v) is 4.21. The highest BCUT2D eigenvalue weighted by molar-refractivity contribution is 5.73. The van der Waals surface area contributed by atoms with E-state index in [0.717, 1.165) is 42.9 Å². The summed E-state index contributed by atoms with van der Waals surface area (Å²) in [6, 6.07) is 8.11. The molecule has 0 aliphatic carbocycles. The normalized spacial score (nSPS) is 16.6. The Kier molecular flexibility index (Phi) is 6.13. The van der Waals surface area contributed by atoms with Crippen LogP contribution in [0, 0.1) is 6.92 Å². The van der Waals surface area contributed by atoms with Crippen LogP contribution in [0.5, 0.6) is 5.88 Å². The summed E-state index contributed by atoms with van der Waals surface area (Å²) in [5.74, 6) is 0.583. The quantitative estimate of drug-likeness (QED) is 0.660. The Bertz CT molecular complexity index is 965. The van der Waals surface area contributed by atoms with Gasteiger partial charge in [-0.1, -0.05) is 6.07 Å². The summed E-state index contributed by atoms with van der Waals surface area (Å²) in [5.41, 5.74) is 5.27. The summed E-state index contributed by atoms with van der Waals surface area (Å²) in [5, 5.41) is 0. The highest BCUT2D eigenvalue weighted by Crippen LogP contribution is 2.36. The van der Waals surface area contributed by atoms with Crippen molar-refractivity contribution in [3.63, 3.8) is 0 Å². The highest BCUT2D eigenvalue weighted by Gasteiger charge is 2.28. The first-order chi connectivity index (χ1) is 14.5. The lowest BCUT2D eigenvalue weighted by molar-refractivity contribution is -0.000948. The van der Waals surface area contributed by atoms with Gasteiger partial charge in [-0.2, -0.15) is 0 Å². The third-order valence-corrected chi connectivity index (χ3v) is 6.11. The van der Waals surface area contributed by atoms with Crippen molar-refractivity contribution in [2.24, 2.45) is 0 Å². The number of rotatable bonds is 8. The van der Waals surface area contributed by atoms with Crippen LogP contribution in [0.3, 0.4) is 0 Å². The molecule has 0 N–H and O–H groups in total. The SMILES string of the molecule is COC[C@@H](COc1cc(=O)c(C)c2n1CCc1cc(N3CC(OC)C3)ccc1-2)OC. The molecule has 1 aromatic carbocycles. The lowest BCUT2D eigenvalue weighted by atomic mass is 9.93. The molecule has 0 unspecified atom stereocenters. The Morgan fingerprint density at radius 2 is 1.93 bits per heavy atom. The standard InChI is InChI=1S/C23H30N2O5/c1-15-21(26)10-22(30-14-19(29-4)13-27-2)25-8-7-16-9-17(5-6-20(16)23(15)25)24-11-18(12-24)28-3/h5-6,9-10,18-19H,7-8,11-14H2,1-4H3/t19-/m0/s1. The van der Waals surface area contributed by atoms with E-state index in [1.165, 1.54) is 11.3 Å². The van der Waals surface area contributed by atoms with Crippen LogP contribution >= 0.6 is 0 Å². The summed E-state index contributed by atoms with van der Waals surface area (Å²) in [6.45, 7) is 5.27. The fraction of sp³-hybridized carbons (Fsp3) is 0.522. The van der Waals surface area contributed by atoms with Gasteiger partial charge in [0.2, 0.25) is 0 Å². The van der Waals surface area contributed by atoms with Crippen molar-refractivity contribution in [2.75, 3.05) is 52.5 Å². The molecule has 0 saturated carbocycles. The highest BCUT2D eigenvalue weighted by atomic mass is 16.6. The second kappa shape index (κ2) is 8.79. The Balaban J connectivity index is 1.64. The minimum absolute atomic E-state index is 0.0143. The molecule has 0 amide bonds. The van der Waals surface area contributed by atoms with Gasteiger partial charge in [0.25, 0.3) is 0 Å². The predicted octanol–water partition coefficient (Wildman–Crippen LogP) is 2.26. The van der Waals surface area contributed by atoms with E-state index in [-0.39, 0.29) is 11.5 Å². The van der Waals surface area contributed by atoms with Gasteiger partial charge >= 0.3 is 0 Å². The molecule has 1 aromatic heterocycles. The lowest BCUT2D eigenvalue weighted by Gasteiger charge is -2.40. The minimum atomic E-state index is -0.187. The summed E-state index contributed by atoms with van der Waals surface area (Å²) in [7, 11) is 5.02. The number of anilines is 1. The predicted molar refractivity (Wildman–Crippen MR) is 116 cm³/mol. The van der Waals surface area contributed by atoms with Gasteiger partial charge in [0.15, 0.2) is 11.3 Å². The molecule has 1 atom stereocenters. The zero-order chi connectivity index (χ0) is 21.3. The van der Waals surface area contributed by atoms with Crippen molar-refractivity contribution in [2.45, 2.75) is 32.1 Å². The second-order valence-electron chi connectivity index (χ2n) is 7.95. The van der Waals surface area contributed by atoms with Gasteiger partial charge in [0.05, 0.1) is 18.4 Å². The van der Waals surface area contributed by atoms with Crippen LogP contribution in [0.4, 0.5) is 5.69 Å². The molecular formula is C23H30N2O5. The van der Waals surface area contributed by atoms with Gasteiger partial charge in [0, 0.05) is 63.8 Å². The molecule has 3 heterocycles. The van der Waals surface area contributed by atoms with Gasteiger partial charge in [-0.05, 0) is 31.0 Å². The maximum atomic E-state index is 12.7. The van der Waals surface area contributed by atoms with E-state index in [1.807, 2.05) is 6.92 Å². The summed E-state index contributed by atoms with van der Waals surface area (Å²) < 4.78 is 24.1. The molecule has 2 aliphatic heterocycles. The Morgan fingerprint density at radius 3 is 2.63 bits per heavy atom. The average molecular weight is 415 g/mol. The van der Waals surface area contributed by atoms with Crippen molar-refractivity contribution in [3.8, 4) is 17.1 Å². The maximum Gasteiger partial charge on any atom is 0.197 e. The Hall–Kier alpha value is -2.35. The van der Waals surface area contributed by atoms with Gasteiger partial charge in [-0.15, -0.1) is 0 Å². The Morgan fingerprint density at radius 1 is 1.13 bits per heavy atom. The number of pyridine rings is 1. The summed E-state index contributed by atoms with van der Waals surface area (Å²) in [6.07, 6.45) is 1.02. The molecular weight excluding hydrogens is 384 g/mol. The third-order valence-electron chi connectivity index (χ3n) is 6.11. The molecule has 0 spiro atoms. The number of benzene rings is 1. The first kappa shape index (κ1) is 20.9. The minimum Gasteiger partial charge on any atom is -0.476 e. The van der Waals surface area contributed by atoms with Crippen LogP contribution in [0.2, 0.25) is 0 Å². The second-order valence-corrected chi connectivity index (χ2v) is 7.95. The van der Waals surface area contributed by atoms with Crippen molar-refractivity contribution in [1.29, 1.82) is 0 Å². The molecule has 162 valence electrons. The Labute approximate surface area is 177 Å². The van der Waals surface area contributed by atoms with Crippen molar-refractivity contribution in [3.05, 3.63) is 45.6 Å². The molecule has 1 saturated heterocycles. The molecule has 2 aromatic rings. The van der Waals surface area contributed by atoms with Gasteiger partial charge < -0.3 is 28.4 Å². The largest absolute Gasteiger partial charge is 0.476 e. The van der Waals surface area contributed by atoms with Crippen LogP contribution in [0.1, 0.15) is 11.1 Å². The zero-order valence-corrected chi connectivity index (χ0v) is 18.1. The fourth-order valence-electron chi connectivity index (χ4n) is 4.21. The van der Waals surface area contributed by atoms with E-state index in [4.69, 9.17) is 18.9 Å². The number of hydrogen-bond acceptors (Lipinski definition) is 6. The number of nitrogens with zero attached hydrogens (tertiary/aromatic N) is 2. The zero-order valence-electron chi connectivity index (χ0n) is 18.1. The van der Waals surface area contributed by atoms with Crippen molar-refractivity contribution in [1.82, 2.24) is 4.57 Å². The van der Waals surface area contributed by atoms with Crippen LogP contribution in [0.25, 0.3) is 11.3 Å². The van der Waals surface area contributed by atoms with Crippen LogP contribution in [-0.4, -0.2) is 64.4 Å². The topological polar surface area (TPSA) is 62.2 Å². The van der Waals surface area contributed by atoms with Crippen molar-refractivity contribution < 1.29 is 18.9 Å². The molecule has 7 heteroatoms. The van der Waals surface area contributed by atoms with Crippen molar-refractivity contribution >= 4 is 5.69 Å². The van der Waals surface area contributed by atoms with E-state index < -0.39 is 0 Å². The number of fused-ring (bicyclic) bond motifs is 3. The monoisotopic (exact) mass is 414 g/mol. The van der Waals surface area contributed by atoms with Gasteiger partial charge in [-0.25, -0.2) is 0 Å². The van der Waals surface area contributed by atoms with E-state index in [0.29, 0.717) is 25.2 Å². The van der Waals surface area contributed by atoms with E-state index in [9.17, 15) is 4.79 Å². The molecule has 1 fully saturated rings. The molecule has 4 rings (SSSR count). The number of hydrogen-bond donors (Lipinski definition) is 0. The van der Waals surface area contributed by atoms with E-state index in [1.54, 1.807) is 27.4 Å². The molecule has 0 bridgehead atoms. The molecule has 0 radical (unpaired) electrons. The number of methoxy groups -OCH3 is 3. The van der Waals surface area contributed by atoms with E-state index in [2.05, 4.69) is 27.7 Å². The van der Waals surface area contributed by atoms with Gasteiger partial charge in [-0.3, -0.25) is 4.79 Å². The van der Waals surface area contributed by atoms with Crippen LogP contribution in [-0.2, 0) is 27.2 Å². The van der Waals surface area contributed by atoms with E-state index >= 15 is 0 Å². The smallest absolute Gasteiger partial charge is 0.197 e. The van der Waals surface area contributed by atoms with Gasteiger partial charge in [0.1, 0.15) is 12.7 Å². The molecule has 30 heavy (non-hydrogen) atoms. The summed E-state index contributed by atoms with van der Waals surface area (Å²) in [4.78, 5) is 15.0. The first-order valence-corrected chi connectivity index (χ1v) is 10.4. The molecule has 2 aliphatic rings. The summed E-state index contributed by atoms with van der Waals surface area (Å²) >= 11 is 0. The number of aryl methyl sites for hydroxylation is 1. The van der Waals surface area contributed by atoms with Crippen LogP contribution < -0.4 is 15.1 Å². The first-order valence-electron chi connectivity index (χ1n) is 10.4. The molecule has 7 nitrogen and oxygen atoms in total.